The molecule has 3 aromatic rings. The maximum Gasteiger partial charge on any atom is 0.270 e. The summed E-state index contributed by atoms with van der Waals surface area (Å²) in [4.78, 5) is 24.7. The zero-order valence-electron chi connectivity index (χ0n) is 22.3. The van der Waals surface area contributed by atoms with E-state index >= 15 is 0 Å². The van der Waals surface area contributed by atoms with E-state index < -0.39 is 11.8 Å². The third kappa shape index (κ3) is 7.47. The molecule has 3 N–H and O–H groups in total. The molecule has 0 aliphatic carbocycles. The number of anilines is 1. The normalized spacial score (nSPS) is 14.7. The molecule has 2 heterocycles. The third-order valence-electron chi connectivity index (χ3n) is 6.61. The van der Waals surface area contributed by atoms with E-state index in [0.717, 1.165) is 44.9 Å². The first-order valence-corrected chi connectivity index (χ1v) is 12.7. The number of piperazine rings is 1. The van der Waals surface area contributed by atoms with Crippen LogP contribution in [0.5, 0.6) is 0 Å². The van der Waals surface area contributed by atoms with Crippen molar-refractivity contribution >= 4 is 23.9 Å². The van der Waals surface area contributed by atoms with E-state index in [2.05, 4.69) is 44.0 Å². The molecule has 0 atom stereocenters. The van der Waals surface area contributed by atoms with Gasteiger partial charge in [0.25, 0.3) is 11.8 Å². The van der Waals surface area contributed by atoms with Crippen LogP contribution in [0.25, 0.3) is 6.08 Å². The molecule has 0 unspecified atom stereocenters. The summed E-state index contributed by atoms with van der Waals surface area (Å²) in [6.45, 7) is 6.68. The van der Waals surface area contributed by atoms with Crippen LogP contribution in [0.4, 0.5) is 14.5 Å². The molecule has 0 bridgehead atoms. The Hall–Kier alpha value is -4.13. The van der Waals surface area contributed by atoms with Crippen molar-refractivity contribution in [2.45, 2.75) is 26.3 Å². The van der Waals surface area contributed by atoms with Gasteiger partial charge >= 0.3 is 0 Å². The number of amides is 1. The van der Waals surface area contributed by atoms with Gasteiger partial charge in [0.1, 0.15) is 11.5 Å². The number of carbonyl (C=O) groups excluding carboxylic acids is 1. The van der Waals surface area contributed by atoms with Crippen molar-refractivity contribution in [1.29, 1.82) is 5.41 Å². The number of nitrogens with zero attached hydrogens (tertiary/aromatic N) is 3. The van der Waals surface area contributed by atoms with Crippen LogP contribution < -0.4 is 5.32 Å². The van der Waals surface area contributed by atoms with E-state index in [0.29, 0.717) is 40.4 Å². The Morgan fingerprint density at radius 1 is 1.18 bits per heavy atom. The number of H-pyrrole nitrogens is 1. The molecule has 1 aromatic heterocycles. The van der Waals surface area contributed by atoms with Crippen LogP contribution in [-0.4, -0.2) is 65.1 Å². The van der Waals surface area contributed by atoms with Gasteiger partial charge < -0.3 is 20.6 Å². The fourth-order valence-corrected chi connectivity index (χ4v) is 4.31. The lowest BCUT2D eigenvalue weighted by atomic mass is 10.00. The SMILES string of the molecule is Cc1ccc(C(=O)Nc2ccc(CN3CCN(C)CC3)c(C(C)(F)F)c2)cc1C#Cc1cnc(/C=C\C=N)[nH]1. The lowest BCUT2D eigenvalue weighted by molar-refractivity contribution is 0.0155. The van der Waals surface area contributed by atoms with Gasteiger partial charge in [0.05, 0.1) is 6.20 Å². The van der Waals surface area contributed by atoms with E-state index in [4.69, 9.17) is 5.41 Å². The van der Waals surface area contributed by atoms with Crippen LogP contribution in [0.3, 0.4) is 0 Å². The standard InChI is InChI=1S/C30H32F2N6O/c1-21-6-7-23(17-22(21)8-11-26-19-34-28(35-26)5-4-12-33)29(39)36-25-10-9-24(27(18-25)30(2,31)32)20-38-15-13-37(3)14-16-38/h4-7,9-10,12,17-19,33H,13-16,20H2,1-3H3,(H,34,35)(H,36,39)/b5-4-,33-12?. The topological polar surface area (TPSA) is 88.1 Å². The number of carbonyl (C=O) groups is 1. The Morgan fingerprint density at radius 3 is 2.67 bits per heavy atom. The van der Waals surface area contributed by atoms with E-state index in [9.17, 15) is 13.6 Å². The second-order valence-electron chi connectivity index (χ2n) is 9.78. The maximum absolute atomic E-state index is 14.6. The molecule has 1 fully saturated rings. The van der Waals surface area contributed by atoms with Crippen molar-refractivity contribution in [3.05, 3.63) is 88.0 Å². The van der Waals surface area contributed by atoms with Crippen molar-refractivity contribution in [1.82, 2.24) is 19.8 Å². The Morgan fingerprint density at radius 2 is 1.95 bits per heavy atom. The summed E-state index contributed by atoms with van der Waals surface area (Å²) in [5.41, 5.74) is 3.32. The molecule has 4 rings (SSSR count). The minimum atomic E-state index is -3.04. The van der Waals surface area contributed by atoms with Gasteiger partial charge in [-0.2, -0.15) is 0 Å². The number of likely N-dealkylation sites (N-methyl/N-ethyl adjacent to an activating group) is 1. The fourth-order valence-electron chi connectivity index (χ4n) is 4.31. The van der Waals surface area contributed by atoms with Gasteiger partial charge in [-0.15, -0.1) is 0 Å². The zero-order valence-corrected chi connectivity index (χ0v) is 22.3. The lowest BCUT2D eigenvalue weighted by Gasteiger charge is -2.33. The number of hydrogen-bond acceptors (Lipinski definition) is 5. The number of alkyl halides is 2. The largest absolute Gasteiger partial charge is 0.332 e. The van der Waals surface area contributed by atoms with E-state index in [1.807, 2.05) is 6.92 Å². The van der Waals surface area contributed by atoms with Crippen LogP contribution in [0.2, 0.25) is 0 Å². The van der Waals surface area contributed by atoms with Crippen LogP contribution >= 0.6 is 0 Å². The highest BCUT2D eigenvalue weighted by Crippen LogP contribution is 2.33. The molecule has 0 saturated carbocycles. The predicted octanol–water partition coefficient (Wildman–Crippen LogP) is 4.89. The molecular weight excluding hydrogens is 498 g/mol. The quantitative estimate of drug-likeness (QED) is 0.300. The summed E-state index contributed by atoms with van der Waals surface area (Å²) in [6, 6.07) is 9.90. The van der Waals surface area contributed by atoms with E-state index in [1.54, 1.807) is 48.7 Å². The molecule has 202 valence electrons. The monoisotopic (exact) mass is 530 g/mol. The Kier molecular flexibility index (Phi) is 8.69. The second kappa shape index (κ2) is 12.2. The van der Waals surface area contributed by atoms with Crippen LogP contribution in [0, 0.1) is 24.2 Å². The summed E-state index contributed by atoms with van der Waals surface area (Å²) in [7, 11) is 2.05. The average Bonchev–Trinajstić information content (AvgIpc) is 3.36. The number of aromatic nitrogens is 2. The van der Waals surface area contributed by atoms with Crippen molar-refractivity contribution < 1.29 is 13.6 Å². The highest BCUT2D eigenvalue weighted by molar-refractivity contribution is 6.04. The first kappa shape index (κ1) is 27.9. The van der Waals surface area contributed by atoms with Crippen molar-refractivity contribution in [3.63, 3.8) is 0 Å². The molecular formula is C30H32F2N6O. The number of halogens is 2. The van der Waals surface area contributed by atoms with Crippen LogP contribution in [0.1, 0.15) is 51.1 Å². The fraction of sp³-hybridized carbons (Fsp3) is 0.300. The number of benzene rings is 2. The lowest BCUT2D eigenvalue weighted by Crippen LogP contribution is -2.44. The summed E-state index contributed by atoms with van der Waals surface area (Å²) < 4.78 is 29.2. The smallest absolute Gasteiger partial charge is 0.270 e. The molecule has 0 spiro atoms. The number of imidazole rings is 1. The first-order chi connectivity index (χ1) is 18.6. The molecule has 9 heteroatoms. The molecule has 0 radical (unpaired) electrons. The Labute approximate surface area is 227 Å². The van der Waals surface area contributed by atoms with Gasteiger partial charge in [-0.1, -0.05) is 18.1 Å². The summed E-state index contributed by atoms with van der Waals surface area (Å²) >= 11 is 0. The maximum atomic E-state index is 14.6. The zero-order chi connectivity index (χ0) is 28.0. The molecule has 7 nitrogen and oxygen atoms in total. The number of nitrogens with one attached hydrogen (secondary N) is 3. The van der Waals surface area contributed by atoms with E-state index in [-0.39, 0.29) is 5.56 Å². The number of hydrogen-bond donors (Lipinski definition) is 3. The minimum Gasteiger partial charge on any atom is -0.332 e. The van der Waals surface area contributed by atoms with Gasteiger partial charge in [-0.05, 0) is 67.4 Å². The van der Waals surface area contributed by atoms with Gasteiger partial charge in [-0.3, -0.25) is 9.69 Å². The van der Waals surface area contributed by atoms with Gasteiger partial charge in [0.2, 0.25) is 0 Å². The molecule has 1 amide bonds. The van der Waals surface area contributed by atoms with Gasteiger partial charge in [-0.25, -0.2) is 13.8 Å². The minimum absolute atomic E-state index is 0.0796. The second-order valence-corrected chi connectivity index (χ2v) is 9.78. The summed E-state index contributed by atoms with van der Waals surface area (Å²) in [5.74, 6) is 3.19. The molecule has 2 aromatic carbocycles. The Bertz CT molecular complexity index is 1440. The molecule has 39 heavy (non-hydrogen) atoms. The van der Waals surface area contributed by atoms with E-state index in [1.165, 1.54) is 6.07 Å². The van der Waals surface area contributed by atoms with Gasteiger partial charge in [0, 0.05) is 68.2 Å². The number of rotatable bonds is 7. The van der Waals surface area contributed by atoms with Crippen molar-refractivity contribution in [3.8, 4) is 11.8 Å². The third-order valence-corrected chi connectivity index (χ3v) is 6.61. The summed E-state index contributed by atoms with van der Waals surface area (Å²) in [6.07, 6.45) is 5.96. The number of allylic oxidation sites excluding steroid dienone is 1. The first-order valence-electron chi connectivity index (χ1n) is 12.7. The molecule has 1 aliphatic heterocycles. The van der Waals surface area contributed by atoms with Crippen molar-refractivity contribution in [2.75, 3.05) is 38.5 Å². The summed E-state index contributed by atoms with van der Waals surface area (Å²) in [5, 5.41) is 9.82. The Balaban J connectivity index is 1.51. The molecule has 1 aliphatic rings. The van der Waals surface area contributed by atoms with Crippen molar-refractivity contribution in [2.24, 2.45) is 0 Å². The van der Waals surface area contributed by atoms with Crippen LogP contribution in [-0.2, 0) is 12.5 Å². The highest BCUT2D eigenvalue weighted by Gasteiger charge is 2.29. The number of aromatic amines is 1. The van der Waals surface area contributed by atoms with Crippen LogP contribution in [0.15, 0.2) is 48.7 Å². The van der Waals surface area contributed by atoms with Gasteiger partial charge in [0.15, 0.2) is 0 Å². The highest BCUT2D eigenvalue weighted by atomic mass is 19.3. The molecule has 1 saturated heterocycles. The average molecular weight is 531 g/mol. The predicted molar refractivity (Wildman–Crippen MR) is 150 cm³/mol. The number of aryl methyl sites for hydroxylation is 1.